The molecule has 0 bridgehead atoms. The largest absolute Gasteiger partial charge is 0.478 e. The molecule has 0 atom stereocenters. The third kappa shape index (κ3) is 2.48. The Morgan fingerprint density at radius 3 is 2.44 bits per heavy atom. The van der Waals surface area contributed by atoms with Crippen molar-refractivity contribution < 1.29 is 14.3 Å². The van der Waals surface area contributed by atoms with Crippen molar-refractivity contribution in [3.05, 3.63) is 59.4 Å². The molecule has 2 aromatic carbocycles. The van der Waals surface area contributed by atoms with Gasteiger partial charge in [-0.2, -0.15) is 0 Å². The van der Waals surface area contributed by atoms with Gasteiger partial charge in [0.25, 0.3) is 0 Å². The van der Waals surface area contributed by atoms with Crippen LogP contribution in [-0.4, -0.2) is 11.1 Å². The standard InChI is InChI=1S/C14H12FNO2/c1-9-5-7-10(8-6-9)16-12-4-2-3-11(15)13(12)14(17)18/h2-8,16H,1H3,(H,17,18). The van der Waals surface area contributed by atoms with Crippen LogP contribution in [0.25, 0.3) is 0 Å². The Balaban J connectivity index is 2.37. The first-order chi connectivity index (χ1) is 8.58. The molecule has 4 heteroatoms. The molecular weight excluding hydrogens is 233 g/mol. The molecule has 3 nitrogen and oxygen atoms in total. The van der Waals surface area contributed by atoms with Gasteiger partial charge < -0.3 is 10.4 Å². The normalized spacial score (nSPS) is 10.1. The highest BCUT2D eigenvalue weighted by atomic mass is 19.1. The number of benzene rings is 2. The first-order valence-corrected chi connectivity index (χ1v) is 5.43. The van der Waals surface area contributed by atoms with Crippen LogP contribution in [0.4, 0.5) is 15.8 Å². The maximum atomic E-state index is 13.4. The molecule has 2 rings (SSSR count). The van der Waals surface area contributed by atoms with E-state index in [9.17, 15) is 9.18 Å². The summed E-state index contributed by atoms with van der Waals surface area (Å²) < 4.78 is 13.4. The van der Waals surface area contributed by atoms with E-state index in [4.69, 9.17) is 5.11 Å². The lowest BCUT2D eigenvalue weighted by Gasteiger charge is -2.10. The molecule has 0 saturated heterocycles. The number of halogens is 1. The van der Waals surface area contributed by atoms with Gasteiger partial charge in [0.2, 0.25) is 0 Å². The van der Waals surface area contributed by atoms with E-state index in [0.717, 1.165) is 11.6 Å². The van der Waals surface area contributed by atoms with Crippen molar-refractivity contribution in [2.45, 2.75) is 6.92 Å². The van der Waals surface area contributed by atoms with Crippen LogP contribution < -0.4 is 5.32 Å². The zero-order valence-electron chi connectivity index (χ0n) is 9.77. The highest BCUT2D eigenvalue weighted by molar-refractivity contribution is 5.95. The number of hydrogen-bond donors (Lipinski definition) is 2. The Kier molecular flexibility index (Phi) is 3.28. The van der Waals surface area contributed by atoms with E-state index in [2.05, 4.69) is 5.32 Å². The molecule has 0 aromatic heterocycles. The number of aromatic carboxylic acids is 1. The van der Waals surface area contributed by atoms with Gasteiger partial charge in [0.15, 0.2) is 0 Å². The molecule has 0 fully saturated rings. The van der Waals surface area contributed by atoms with E-state index >= 15 is 0 Å². The average molecular weight is 245 g/mol. The molecule has 0 amide bonds. The minimum atomic E-state index is -1.29. The second kappa shape index (κ2) is 4.87. The van der Waals surface area contributed by atoms with Crippen molar-refractivity contribution in [2.24, 2.45) is 0 Å². The van der Waals surface area contributed by atoms with Gasteiger partial charge in [-0.1, -0.05) is 23.8 Å². The summed E-state index contributed by atoms with van der Waals surface area (Å²) in [6, 6.07) is 11.5. The minimum absolute atomic E-state index is 0.242. The SMILES string of the molecule is Cc1ccc(Nc2cccc(F)c2C(=O)O)cc1. The van der Waals surface area contributed by atoms with E-state index in [1.807, 2.05) is 31.2 Å². The van der Waals surface area contributed by atoms with Crippen LogP contribution in [0.5, 0.6) is 0 Å². The number of aryl methyl sites for hydroxylation is 1. The van der Waals surface area contributed by atoms with Crippen molar-refractivity contribution in [1.29, 1.82) is 0 Å². The number of carboxylic acids is 1. The van der Waals surface area contributed by atoms with E-state index in [1.54, 1.807) is 0 Å². The lowest BCUT2D eigenvalue weighted by atomic mass is 10.1. The predicted octanol–water partition coefficient (Wildman–Crippen LogP) is 3.58. The fourth-order valence-corrected chi connectivity index (χ4v) is 1.64. The molecule has 0 radical (unpaired) electrons. The van der Waals surface area contributed by atoms with Crippen molar-refractivity contribution in [1.82, 2.24) is 0 Å². The van der Waals surface area contributed by atoms with Crippen LogP contribution in [0.1, 0.15) is 15.9 Å². The minimum Gasteiger partial charge on any atom is -0.478 e. The molecule has 0 heterocycles. The Morgan fingerprint density at radius 1 is 1.17 bits per heavy atom. The lowest BCUT2D eigenvalue weighted by Crippen LogP contribution is -2.05. The topological polar surface area (TPSA) is 49.3 Å². The number of nitrogens with one attached hydrogen (secondary N) is 1. The van der Waals surface area contributed by atoms with Crippen molar-refractivity contribution in [3.63, 3.8) is 0 Å². The third-order valence-corrected chi connectivity index (χ3v) is 2.56. The molecule has 0 unspecified atom stereocenters. The highest BCUT2D eigenvalue weighted by Gasteiger charge is 2.15. The molecule has 92 valence electrons. The van der Waals surface area contributed by atoms with Crippen LogP contribution in [-0.2, 0) is 0 Å². The zero-order valence-corrected chi connectivity index (χ0v) is 9.77. The van der Waals surface area contributed by atoms with E-state index in [1.165, 1.54) is 12.1 Å². The quantitative estimate of drug-likeness (QED) is 0.869. The molecule has 0 aliphatic rings. The van der Waals surface area contributed by atoms with E-state index < -0.39 is 11.8 Å². The van der Waals surface area contributed by atoms with Gasteiger partial charge in [0, 0.05) is 5.69 Å². The Hall–Kier alpha value is -2.36. The fourth-order valence-electron chi connectivity index (χ4n) is 1.64. The number of carboxylic acid groups (broad SMARTS) is 1. The predicted molar refractivity (Wildman–Crippen MR) is 67.8 cm³/mol. The summed E-state index contributed by atoms with van der Waals surface area (Å²) in [7, 11) is 0. The fraction of sp³-hybridized carbons (Fsp3) is 0.0714. The molecule has 0 aliphatic carbocycles. The van der Waals surface area contributed by atoms with Crippen LogP contribution in [0, 0.1) is 12.7 Å². The molecular formula is C14H12FNO2. The van der Waals surface area contributed by atoms with E-state index in [-0.39, 0.29) is 11.3 Å². The summed E-state index contributed by atoms with van der Waals surface area (Å²) >= 11 is 0. The van der Waals surface area contributed by atoms with E-state index in [0.29, 0.717) is 5.69 Å². The summed E-state index contributed by atoms with van der Waals surface area (Å²) in [4.78, 5) is 11.0. The van der Waals surface area contributed by atoms with Crippen LogP contribution >= 0.6 is 0 Å². The van der Waals surface area contributed by atoms with Gasteiger partial charge in [-0.15, -0.1) is 0 Å². The second-order valence-electron chi connectivity index (χ2n) is 3.96. The second-order valence-corrected chi connectivity index (χ2v) is 3.96. The third-order valence-electron chi connectivity index (χ3n) is 2.56. The van der Waals surface area contributed by atoms with Gasteiger partial charge in [-0.05, 0) is 31.2 Å². The maximum Gasteiger partial charge on any atom is 0.340 e. The lowest BCUT2D eigenvalue weighted by molar-refractivity contribution is 0.0693. The zero-order chi connectivity index (χ0) is 13.1. The number of hydrogen-bond acceptors (Lipinski definition) is 2. The smallest absolute Gasteiger partial charge is 0.340 e. The monoisotopic (exact) mass is 245 g/mol. The highest BCUT2D eigenvalue weighted by Crippen LogP contribution is 2.23. The first-order valence-electron chi connectivity index (χ1n) is 5.43. The Morgan fingerprint density at radius 2 is 1.83 bits per heavy atom. The van der Waals surface area contributed by atoms with Gasteiger partial charge in [-0.3, -0.25) is 0 Å². The Labute approximate surface area is 104 Å². The molecule has 2 N–H and O–H groups in total. The van der Waals surface area contributed by atoms with Gasteiger partial charge in [0.1, 0.15) is 11.4 Å². The van der Waals surface area contributed by atoms with Gasteiger partial charge in [0.05, 0.1) is 5.69 Å². The van der Waals surface area contributed by atoms with Gasteiger partial charge in [-0.25, -0.2) is 9.18 Å². The number of carbonyl (C=O) groups is 1. The summed E-state index contributed by atoms with van der Waals surface area (Å²) in [6.45, 7) is 1.95. The van der Waals surface area contributed by atoms with Crippen LogP contribution in [0.2, 0.25) is 0 Å². The average Bonchev–Trinajstić information content (AvgIpc) is 2.32. The molecule has 0 aliphatic heterocycles. The van der Waals surface area contributed by atoms with Crippen molar-refractivity contribution in [2.75, 3.05) is 5.32 Å². The molecule has 18 heavy (non-hydrogen) atoms. The molecule has 0 saturated carbocycles. The van der Waals surface area contributed by atoms with Gasteiger partial charge >= 0.3 is 5.97 Å². The van der Waals surface area contributed by atoms with Crippen molar-refractivity contribution in [3.8, 4) is 0 Å². The number of anilines is 2. The maximum absolute atomic E-state index is 13.4. The summed E-state index contributed by atoms with van der Waals surface area (Å²) in [5, 5.41) is 11.9. The summed E-state index contributed by atoms with van der Waals surface area (Å²) in [6.07, 6.45) is 0. The first kappa shape index (κ1) is 12.1. The van der Waals surface area contributed by atoms with Crippen molar-refractivity contribution >= 4 is 17.3 Å². The van der Waals surface area contributed by atoms with Crippen LogP contribution in [0.15, 0.2) is 42.5 Å². The molecule has 2 aromatic rings. The van der Waals surface area contributed by atoms with Crippen LogP contribution in [0.3, 0.4) is 0 Å². The summed E-state index contributed by atoms with van der Waals surface area (Å²) in [5.74, 6) is -2.04. The Bertz CT molecular complexity index is 579. The number of rotatable bonds is 3. The molecule has 0 spiro atoms. The summed E-state index contributed by atoms with van der Waals surface area (Å²) in [5.41, 5.74) is 1.70.